The number of aryl methyl sites for hydroxylation is 1. The van der Waals surface area contributed by atoms with Crippen LogP contribution in [0.5, 0.6) is 17.2 Å². The van der Waals surface area contributed by atoms with E-state index in [1.165, 1.54) is 48.5 Å². The van der Waals surface area contributed by atoms with Gasteiger partial charge in [-0.25, -0.2) is 9.69 Å². The van der Waals surface area contributed by atoms with Crippen molar-refractivity contribution in [2.24, 2.45) is 0 Å². The highest BCUT2D eigenvalue weighted by Gasteiger charge is 2.41. The summed E-state index contributed by atoms with van der Waals surface area (Å²) in [6, 6.07) is 21.4. The first kappa shape index (κ1) is 27.5. The van der Waals surface area contributed by atoms with Gasteiger partial charge in [-0.2, -0.15) is 13.2 Å². The second-order valence-corrected chi connectivity index (χ2v) is 9.59. The molecule has 0 saturated carbocycles. The number of fused-ring (bicyclic) bond motifs is 2. The van der Waals surface area contributed by atoms with Crippen LogP contribution in [0.25, 0.3) is 11.0 Å². The molecule has 2 amide bonds. The summed E-state index contributed by atoms with van der Waals surface area (Å²) in [6.45, 7) is 1.71. The summed E-state index contributed by atoms with van der Waals surface area (Å²) in [4.78, 5) is 52.3. The van der Waals surface area contributed by atoms with Crippen LogP contribution >= 0.6 is 0 Å². The van der Waals surface area contributed by atoms with Crippen LogP contribution in [0.1, 0.15) is 42.4 Å². The zero-order chi connectivity index (χ0) is 30.5. The van der Waals surface area contributed by atoms with E-state index in [0.717, 1.165) is 11.0 Å². The number of esters is 1. The lowest BCUT2D eigenvalue weighted by atomic mass is 10.1. The quantitative estimate of drug-likeness (QED) is 0.125. The second-order valence-electron chi connectivity index (χ2n) is 9.59. The van der Waals surface area contributed by atoms with Gasteiger partial charge in [0.2, 0.25) is 11.2 Å². The summed E-state index contributed by atoms with van der Waals surface area (Å²) in [5, 5.41) is -0.222. The molecule has 0 N–H and O–H groups in total. The first-order chi connectivity index (χ1) is 20.5. The number of imide groups is 1. The zero-order valence-corrected chi connectivity index (χ0v) is 22.1. The van der Waals surface area contributed by atoms with Gasteiger partial charge in [0.25, 0.3) is 17.6 Å². The third-order valence-corrected chi connectivity index (χ3v) is 6.65. The van der Waals surface area contributed by atoms with Gasteiger partial charge in [0.05, 0.1) is 27.8 Å². The van der Waals surface area contributed by atoms with Gasteiger partial charge in [-0.05, 0) is 73.2 Å². The van der Waals surface area contributed by atoms with Gasteiger partial charge in [0.15, 0.2) is 0 Å². The Kier molecular flexibility index (Phi) is 6.57. The number of hydrogen-bond acceptors (Lipinski definition) is 7. The molecular formula is C32H18F3NO7. The topological polar surface area (TPSA) is 103 Å². The van der Waals surface area contributed by atoms with Crippen LogP contribution in [-0.4, -0.2) is 17.8 Å². The summed E-state index contributed by atoms with van der Waals surface area (Å²) >= 11 is 0. The van der Waals surface area contributed by atoms with Crippen LogP contribution in [0.4, 0.5) is 18.9 Å². The Hall–Kier alpha value is -5.71. The van der Waals surface area contributed by atoms with Crippen molar-refractivity contribution in [3.63, 3.8) is 0 Å². The molecular weight excluding hydrogens is 567 g/mol. The summed E-state index contributed by atoms with van der Waals surface area (Å²) in [5.74, 6) is -4.71. The normalized spacial score (nSPS) is 12.9. The van der Waals surface area contributed by atoms with E-state index in [1.807, 2.05) is 0 Å². The van der Waals surface area contributed by atoms with Crippen molar-refractivity contribution in [3.8, 4) is 17.2 Å². The molecule has 0 fully saturated rings. The fourth-order valence-electron chi connectivity index (χ4n) is 4.63. The Morgan fingerprint density at radius 1 is 0.791 bits per heavy atom. The minimum Gasteiger partial charge on any atom is -0.449 e. The van der Waals surface area contributed by atoms with Crippen LogP contribution in [-0.2, 0) is 6.18 Å². The molecule has 0 unspecified atom stereocenters. The Balaban J connectivity index is 1.26. The van der Waals surface area contributed by atoms with Gasteiger partial charge in [-0.3, -0.25) is 14.4 Å². The van der Waals surface area contributed by atoms with Crippen LogP contribution in [0.2, 0.25) is 0 Å². The SMILES string of the molecule is Cc1cccc(Oc2c(C(F)(F)F)oc3cc(OC(=O)c4ccc(N5C(=O)c6ccccc6C5=O)cc4)ccc3c2=O)c1. The zero-order valence-electron chi connectivity index (χ0n) is 22.1. The average Bonchev–Trinajstić information content (AvgIpc) is 3.23. The summed E-state index contributed by atoms with van der Waals surface area (Å²) in [5.41, 5.74) is -0.0286. The molecule has 11 heteroatoms. The number of halogens is 3. The van der Waals surface area contributed by atoms with E-state index in [9.17, 15) is 32.3 Å². The number of alkyl halides is 3. The lowest BCUT2D eigenvalue weighted by Crippen LogP contribution is -2.29. The molecule has 0 saturated heterocycles. The van der Waals surface area contributed by atoms with Crippen molar-refractivity contribution in [2.45, 2.75) is 13.1 Å². The molecule has 5 aromatic rings. The van der Waals surface area contributed by atoms with E-state index in [1.54, 1.807) is 43.3 Å². The highest BCUT2D eigenvalue weighted by atomic mass is 19.4. The number of amides is 2. The molecule has 1 aliphatic heterocycles. The summed E-state index contributed by atoms with van der Waals surface area (Å²) in [7, 11) is 0. The number of carbonyl (C=O) groups excluding carboxylic acids is 3. The van der Waals surface area contributed by atoms with Gasteiger partial charge in [-0.15, -0.1) is 0 Å². The highest BCUT2D eigenvalue weighted by Crippen LogP contribution is 2.39. The molecule has 1 aliphatic rings. The smallest absolute Gasteiger partial charge is 0.449 e. The van der Waals surface area contributed by atoms with Crippen molar-refractivity contribution in [2.75, 3.05) is 4.90 Å². The standard InChI is InChI=1S/C32H18F3NO7/c1-17-5-4-6-20(15-17)41-27-26(37)24-14-13-21(16-25(24)43-28(27)32(33,34)35)42-31(40)18-9-11-19(12-10-18)36-29(38)22-7-2-3-8-23(22)30(36)39/h2-16H,1H3. The van der Waals surface area contributed by atoms with E-state index in [4.69, 9.17) is 13.9 Å². The van der Waals surface area contributed by atoms with Crippen molar-refractivity contribution in [1.29, 1.82) is 0 Å². The minimum atomic E-state index is -5.07. The fourth-order valence-corrected chi connectivity index (χ4v) is 4.63. The minimum absolute atomic E-state index is 0.0247. The molecule has 6 rings (SSSR count). The number of anilines is 1. The van der Waals surface area contributed by atoms with Gasteiger partial charge >= 0.3 is 12.1 Å². The van der Waals surface area contributed by atoms with E-state index < -0.39 is 46.5 Å². The van der Waals surface area contributed by atoms with E-state index in [2.05, 4.69) is 0 Å². The van der Waals surface area contributed by atoms with Crippen molar-refractivity contribution in [1.82, 2.24) is 0 Å². The predicted molar refractivity (Wildman–Crippen MR) is 148 cm³/mol. The third kappa shape index (κ3) is 5.01. The summed E-state index contributed by atoms with van der Waals surface area (Å²) < 4.78 is 57.4. The van der Waals surface area contributed by atoms with E-state index >= 15 is 0 Å². The first-order valence-electron chi connectivity index (χ1n) is 12.7. The maximum atomic E-state index is 13.9. The summed E-state index contributed by atoms with van der Waals surface area (Å²) in [6.07, 6.45) is -5.07. The molecule has 4 aromatic carbocycles. The van der Waals surface area contributed by atoms with Crippen molar-refractivity contribution in [3.05, 3.63) is 129 Å². The van der Waals surface area contributed by atoms with E-state index in [0.29, 0.717) is 5.56 Å². The lowest BCUT2D eigenvalue weighted by molar-refractivity contribution is -0.154. The molecule has 2 heterocycles. The third-order valence-electron chi connectivity index (χ3n) is 6.65. The monoisotopic (exact) mass is 585 g/mol. The predicted octanol–water partition coefficient (Wildman–Crippen LogP) is 6.93. The van der Waals surface area contributed by atoms with Gasteiger partial charge < -0.3 is 13.9 Å². The van der Waals surface area contributed by atoms with Crippen LogP contribution in [0, 0.1) is 6.92 Å². The highest BCUT2D eigenvalue weighted by molar-refractivity contribution is 6.34. The average molecular weight is 585 g/mol. The second kappa shape index (κ2) is 10.3. The Morgan fingerprint density at radius 3 is 2.09 bits per heavy atom. The molecule has 0 bridgehead atoms. The largest absolute Gasteiger partial charge is 0.453 e. The van der Waals surface area contributed by atoms with Crippen molar-refractivity contribution >= 4 is 34.4 Å². The van der Waals surface area contributed by atoms with Crippen LogP contribution < -0.4 is 19.8 Å². The molecule has 0 aliphatic carbocycles. The van der Waals surface area contributed by atoms with Gasteiger partial charge in [0.1, 0.15) is 17.1 Å². The number of hydrogen-bond donors (Lipinski definition) is 0. The molecule has 1 aromatic heterocycles. The Morgan fingerprint density at radius 2 is 1.47 bits per heavy atom. The van der Waals surface area contributed by atoms with Gasteiger partial charge in [-0.1, -0.05) is 24.3 Å². The number of benzene rings is 4. The molecule has 0 spiro atoms. The lowest BCUT2D eigenvalue weighted by Gasteiger charge is -2.14. The number of ether oxygens (including phenoxy) is 2. The van der Waals surface area contributed by atoms with Crippen molar-refractivity contribution < 1.29 is 41.4 Å². The maximum absolute atomic E-state index is 13.9. The Bertz CT molecular complexity index is 1980. The van der Waals surface area contributed by atoms with E-state index in [-0.39, 0.29) is 39.3 Å². The van der Waals surface area contributed by atoms with Gasteiger partial charge in [0, 0.05) is 6.07 Å². The molecule has 43 heavy (non-hydrogen) atoms. The molecule has 0 radical (unpaired) electrons. The first-order valence-corrected chi connectivity index (χ1v) is 12.7. The Labute approximate surface area is 240 Å². The number of nitrogens with zero attached hydrogens (tertiary/aromatic N) is 1. The molecule has 0 atom stereocenters. The number of carbonyl (C=O) groups is 3. The number of rotatable bonds is 5. The van der Waals surface area contributed by atoms with Crippen LogP contribution in [0.3, 0.4) is 0 Å². The van der Waals surface area contributed by atoms with Crippen LogP contribution in [0.15, 0.2) is 100 Å². The molecule has 8 nitrogen and oxygen atoms in total. The molecule has 214 valence electrons. The fraction of sp³-hybridized carbons (Fsp3) is 0.0625. The maximum Gasteiger partial charge on any atom is 0.453 e.